The lowest BCUT2D eigenvalue weighted by Gasteiger charge is -2.02. The molecular formula is C17H14N4O3. The number of carbonyl (C=O) groups excluding carboxylic acids is 1. The van der Waals surface area contributed by atoms with Crippen LogP contribution in [0.3, 0.4) is 0 Å². The number of aromatic nitrogens is 2. The number of hydrazone groups is 1. The van der Waals surface area contributed by atoms with Crippen molar-refractivity contribution >= 4 is 29.1 Å². The molecule has 0 atom stereocenters. The minimum absolute atomic E-state index is 0.107. The molecule has 0 spiro atoms. The molecule has 2 N–H and O–H groups in total. The summed E-state index contributed by atoms with van der Waals surface area (Å²) < 4.78 is 1.74. The van der Waals surface area contributed by atoms with Crippen LogP contribution in [0, 0.1) is 0 Å². The smallest absolute Gasteiger partial charge is 0.335 e. The zero-order chi connectivity index (χ0) is 16.9. The van der Waals surface area contributed by atoms with E-state index in [-0.39, 0.29) is 18.0 Å². The van der Waals surface area contributed by atoms with Crippen LogP contribution in [0.2, 0.25) is 0 Å². The molecule has 1 aromatic heterocycles. The second-order valence-corrected chi connectivity index (χ2v) is 5.08. The fourth-order valence-corrected chi connectivity index (χ4v) is 2.22. The van der Waals surface area contributed by atoms with Crippen LogP contribution in [0.25, 0.3) is 11.0 Å². The number of rotatable bonds is 5. The van der Waals surface area contributed by atoms with Crippen molar-refractivity contribution in [1.29, 1.82) is 0 Å². The molecule has 3 aromatic rings. The third kappa shape index (κ3) is 3.46. The van der Waals surface area contributed by atoms with Gasteiger partial charge >= 0.3 is 5.97 Å². The molecule has 0 aliphatic rings. The van der Waals surface area contributed by atoms with Crippen molar-refractivity contribution in [2.45, 2.75) is 6.54 Å². The van der Waals surface area contributed by atoms with Crippen molar-refractivity contribution in [2.24, 2.45) is 5.10 Å². The summed E-state index contributed by atoms with van der Waals surface area (Å²) in [4.78, 5) is 26.9. The number of benzene rings is 2. The van der Waals surface area contributed by atoms with Crippen LogP contribution in [0.5, 0.6) is 0 Å². The van der Waals surface area contributed by atoms with E-state index in [1.54, 1.807) is 23.0 Å². The first-order valence-electron chi connectivity index (χ1n) is 7.18. The minimum atomic E-state index is -0.987. The second kappa shape index (κ2) is 6.74. The molecule has 0 unspecified atom stereocenters. The Morgan fingerprint density at radius 2 is 1.92 bits per heavy atom. The second-order valence-electron chi connectivity index (χ2n) is 5.08. The topological polar surface area (TPSA) is 96.6 Å². The number of carboxylic acid groups (broad SMARTS) is 1. The molecule has 120 valence electrons. The average molecular weight is 322 g/mol. The number of amides is 1. The molecule has 0 saturated carbocycles. The summed E-state index contributed by atoms with van der Waals surface area (Å²) in [6, 6.07) is 13.7. The van der Waals surface area contributed by atoms with E-state index >= 15 is 0 Å². The predicted molar refractivity (Wildman–Crippen MR) is 88.9 cm³/mol. The van der Waals surface area contributed by atoms with Gasteiger partial charge in [-0.25, -0.2) is 15.2 Å². The van der Waals surface area contributed by atoms with E-state index < -0.39 is 5.97 Å². The van der Waals surface area contributed by atoms with Crippen molar-refractivity contribution in [3.63, 3.8) is 0 Å². The lowest BCUT2D eigenvalue weighted by atomic mass is 10.1. The van der Waals surface area contributed by atoms with Gasteiger partial charge in [-0.1, -0.05) is 24.3 Å². The molecule has 3 rings (SSSR count). The fourth-order valence-electron chi connectivity index (χ4n) is 2.22. The van der Waals surface area contributed by atoms with E-state index in [4.69, 9.17) is 5.11 Å². The van der Waals surface area contributed by atoms with Gasteiger partial charge < -0.3 is 9.67 Å². The van der Waals surface area contributed by atoms with E-state index in [9.17, 15) is 9.59 Å². The van der Waals surface area contributed by atoms with Gasteiger partial charge in [-0.3, -0.25) is 4.79 Å². The Morgan fingerprint density at radius 3 is 2.67 bits per heavy atom. The SMILES string of the molecule is O=C(Cn1cnc2ccccc21)N/N=C/c1ccc(C(=O)O)cc1. The van der Waals surface area contributed by atoms with Gasteiger partial charge in [0.15, 0.2) is 0 Å². The van der Waals surface area contributed by atoms with Crippen molar-refractivity contribution in [3.05, 3.63) is 66.0 Å². The van der Waals surface area contributed by atoms with Gasteiger partial charge in [-0.2, -0.15) is 5.10 Å². The van der Waals surface area contributed by atoms with Crippen molar-refractivity contribution < 1.29 is 14.7 Å². The number of imidazole rings is 1. The summed E-state index contributed by atoms with van der Waals surface area (Å²) in [5.74, 6) is -1.27. The van der Waals surface area contributed by atoms with Gasteiger partial charge in [0.2, 0.25) is 0 Å². The molecule has 0 radical (unpaired) electrons. The Kier molecular flexibility index (Phi) is 4.33. The number of nitrogens with zero attached hydrogens (tertiary/aromatic N) is 3. The van der Waals surface area contributed by atoms with E-state index in [0.29, 0.717) is 5.56 Å². The van der Waals surface area contributed by atoms with Crippen LogP contribution < -0.4 is 5.43 Å². The lowest BCUT2D eigenvalue weighted by molar-refractivity contribution is -0.121. The number of carboxylic acids is 1. The molecular weight excluding hydrogens is 308 g/mol. The number of hydrogen-bond acceptors (Lipinski definition) is 4. The van der Waals surface area contributed by atoms with Gasteiger partial charge in [0.1, 0.15) is 6.54 Å². The number of hydrogen-bond donors (Lipinski definition) is 2. The van der Waals surface area contributed by atoms with Gasteiger partial charge in [0, 0.05) is 0 Å². The minimum Gasteiger partial charge on any atom is -0.478 e. The zero-order valence-corrected chi connectivity index (χ0v) is 12.6. The highest BCUT2D eigenvalue weighted by atomic mass is 16.4. The summed E-state index contributed by atoms with van der Waals surface area (Å²) >= 11 is 0. The predicted octanol–water partition coefficient (Wildman–Crippen LogP) is 1.88. The van der Waals surface area contributed by atoms with Crippen LogP contribution in [0.4, 0.5) is 0 Å². The van der Waals surface area contributed by atoms with Gasteiger partial charge in [0.05, 0.1) is 29.1 Å². The summed E-state index contributed by atoms with van der Waals surface area (Å²) in [6.45, 7) is 0.107. The zero-order valence-electron chi connectivity index (χ0n) is 12.6. The molecule has 1 heterocycles. The number of para-hydroxylation sites is 2. The van der Waals surface area contributed by atoms with Crippen molar-refractivity contribution in [1.82, 2.24) is 15.0 Å². The monoisotopic (exact) mass is 322 g/mol. The van der Waals surface area contributed by atoms with Crippen molar-refractivity contribution in [3.8, 4) is 0 Å². The van der Waals surface area contributed by atoms with Crippen LogP contribution in [0.15, 0.2) is 60.0 Å². The van der Waals surface area contributed by atoms with E-state index in [2.05, 4.69) is 15.5 Å². The highest BCUT2D eigenvalue weighted by Crippen LogP contribution is 2.11. The highest BCUT2D eigenvalue weighted by molar-refractivity contribution is 5.89. The number of aromatic carboxylic acids is 1. The molecule has 0 aliphatic heterocycles. The number of nitrogens with one attached hydrogen (secondary N) is 1. The first-order valence-corrected chi connectivity index (χ1v) is 7.18. The van der Waals surface area contributed by atoms with Crippen LogP contribution >= 0.6 is 0 Å². The molecule has 1 amide bonds. The first-order chi connectivity index (χ1) is 11.6. The third-order valence-corrected chi connectivity index (χ3v) is 3.40. The Bertz CT molecular complexity index is 913. The van der Waals surface area contributed by atoms with E-state index in [1.165, 1.54) is 18.3 Å². The standard InChI is InChI=1S/C17H14N4O3/c22-16(10-21-11-18-14-3-1-2-4-15(14)21)20-19-9-12-5-7-13(8-6-12)17(23)24/h1-9,11H,10H2,(H,20,22)(H,23,24)/b19-9+. The Morgan fingerprint density at radius 1 is 1.17 bits per heavy atom. The highest BCUT2D eigenvalue weighted by Gasteiger charge is 2.06. The van der Waals surface area contributed by atoms with Gasteiger partial charge in [-0.05, 0) is 29.8 Å². The van der Waals surface area contributed by atoms with Crippen molar-refractivity contribution in [2.75, 3.05) is 0 Å². The van der Waals surface area contributed by atoms with Crippen LogP contribution in [-0.4, -0.2) is 32.7 Å². The van der Waals surface area contributed by atoms with E-state index in [0.717, 1.165) is 11.0 Å². The molecule has 7 nitrogen and oxygen atoms in total. The van der Waals surface area contributed by atoms with Crippen LogP contribution in [0.1, 0.15) is 15.9 Å². The largest absolute Gasteiger partial charge is 0.478 e. The first kappa shape index (κ1) is 15.4. The fraction of sp³-hybridized carbons (Fsp3) is 0.0588. The normalized spacial score (nSPS) is 11.0. The third-order valence-electron chi connectivity index (χ3n) is 3.40. The Labute approximate surface area is 137 Å². The molecule has 0 bridgehead atoms. The summed E-state index contributed by atoms with van der Waals surface area (Å²) in [5.41, 5.74) is 5.02. The lowest BCUT2D eigenvalue weighted by Crippen LogP contribution is -2.22. The molecule has 0 saturated heterocycles. The molecule has 7 heteroatoms. The van der Waals surface area contributed by atoms with Crippen LogP contribution in [-0.2, 0) is 11.3 Å². The summed E-state index contributed by atoms with van der Waals surface area (Å²) in [5, 5.41) is 12.7. The molecule has 2 aromatic carbocycles. The Balaban J connectivity index is 1.60. The molecule has 24 heavy (non-hydrogen) atoms. The maximum Gasteiger partial charge on any atom is 0.335 e. The Hall–Kier alpha value is -3.48. The number of fused-ring (bicyclic) bond motifs is 1. The number of carbonyl (C=O) groups is 2. The van der Waals surface area contributed by atoms with Gasteiger partial charge in [0.25, 0.3) is 5.91 Å². The maximum absolute atomic E-state index is 11.9. The molecule has 0 fully saturated rings. The molecule has 0 aliphatic carbocycles. The quantitative estimate of drug-likeness (QED) is 0.554. The average Bonchev–Trinajstić information content (AvgIpc) is 2.98. The summed E-state index contributed by atoms with van der Waals surface area (Å²) in [7, 11) is 0. The summed E-state index contributed by atoms with van der Waals surface area (Å²) in [6.07, 6.45) is 3.06. The van der Waals surface area contributed by atoms with Gasteiger partial charge in [-0.15, -0.1) is 0 Å². The maximum atomic E-state index is 11.9. The van der Waals surface area contributed by atoms with E-state index in [1.807, 2.05) is 24.3 Å².